The van der Waals surface area contributed by atoms with Crippen LogP contribution in [-0.4, -0.2) is 67.1 Å². The van der Waals surface area contributed by atoms with E-state index in [4.69, 9.17) is 11.6 Å². The summed E-state index contributed by atoms with van der Waals surface area (Å²) < 4.78 is 67.7. The lowest BCUT2D eigenvalue weighted by atomic mass is 10.1. The van der Waals surface area contributed by atoms with Gasteiger partial charge in [-0.2, -0.15) is 13.2 Å². The number of carbonyl (C=O) groups excluding carboxylic acids is 3. The van der Waals surface area contributed by atoms with Crippen LogP contribution >= 0.6 is 11.6 Å². The molecule has 4 rings (SSSR count). The first kappa shape index (κ1) is 30.5. The number of halogens is 6. The summed E-state index contributed by atoms with van der Waals surface area (Å²) in [4.78, 5) is 40.1. The van der Waals surface area contributed by atoms with Gasteiger partial charge in [0.15, 0.2) is 11.6 Å². The average Bonchev–Trinajstić information content (AvgIpc) is 3.35. The molecule has 0 bridgehead atoms. The maximum atomic E-state index is 15.0. The number of nitrogens with zero attached hydrogens (tertiary/aromatic N) is 2. The van der Waals surface area contributed by atoms with Gasteiger partial charge in [0.1, 0.15) is 6.04 Å². The Morgan fingerprint density at radius 2 is 1.88 bits per heavy atom. The summed E-state index contributed by atoms with van der Waals surface area (Å²) >= 11 is 6.19. The second-order valence-corrected chi connectivity index (χ2v) is 10.5. The van der Waals surface area contributed by atoms with E-state index in [1.54, 1.807) is 11.0 Å². The van der Waals surface area contributed by atoms with Crippen LogP contribution in [0.15, 0.2) is 30.3 Å². The van der Waals surface area contributed by atoms with Crippen LogP contribution in [0.3, 0.4) is 0 Å². The van der Waals surface area contributed by atoms with Crippen molar-refractivity contribution in [1.29, 1.82) is 0 Å². The second-order valence-electron chi connectivity index (χ2n) is 10.1. The van der Waals surface area contributed by atoms with Crippen molar-refractivity contribution in [2.75, 3.05) is 36.4 Å². The number of piperazine rings is 1. The molecule has 2 fully saturated rings. The van der Waals surface area contributed by atoms with Crippen LogP contribution in [0.1, 0.15) is 42.1 Å². The molecule has 0 aromatic heterocycles. The Labute approximate surface area is 238 Å². The molecule has 2 aromatic rings. The molecule has 0 unspecified atom stereocenters. The van der Waals surface area contributed by atoms with E-state index in [2.05, 4.69) is 16.0 Å². The Morgan fingerprint density at radius 1 is 1.12 bits per heavy atom. The quantitative estimate of drug-likeness (QED) is 0.394. The van der Waals surface area contributed by atoms with Gasteiger partial charge in [-0.05, 0) is 37.6 Å². The number of anilines is 2. The minimum Gasteiger partial charge on any atom is -0.365 e. The van der Waals surface area contributed by atoms with Gasteiger partial charge in [0.2, 0.25) is 11.8 Å². The summed E-state index contributed by atoms with van der Waals surface area (Å²) in [5, 5.41) is 7.88. The standard InChI is InChI=1S/C27H29ClF5N5O3/c1-15-14-37(9-8-27(31,32)33)10-11-38(15)21-12-17(28)3-5-19(21)36-25(40)18-4-2-16(23(29)24(18)30)13-34-26(41)20-6-7-22(39)35-20/h2-5,12,15,20H,6-11,13-14H2,1H3,(H,34,41)(H,35,39)(H,36,40)/t15-,20-/m1/s1. The minimum atomic E-state index is -4.25. The van der Waals surface area contributed by atoms with Crippen molar-refractivity contribution in [3.8, 4) is 0 Å². The third-order valence-corrected chi connectivity index (χ3v) is 7.35. The van der Waals surface area contributed by atoms with Crippen LogP contribution in [0.4, 0.5) is 33.3 Å². The highest BCUT2D eigenvalue weighted by Gasteiger charge is 2.32. The van der Waals surface area contributed by atoms with Crippen LogP contribution in [0, 0.1) is 11.6 Å². The highest BCUT2D eigenvalue weighted by Crippen LogP contribution is 2.33. The van der Waals surface area contributed by atoms with Crippen LogP contribution < -0.4 is 20.9 Å². The van der Waals surface area contributed by atoms with Crippen molar-refractivity contribution in [2.24, 2.45) is 0 Å². The second kappa shape index (κ2) is 12.6. The van der Waals surface area contributed by atoms with E-state index in [1.165, 1.54) is 18.2 Å². The first-order valence-electron chi connectivity index (χ1n) is 13.0. The maximum absolute atomic E-state index is 15.0. The molecule has 2 saturated heterocycles. The molecular formula is C27H29ClF5N5O3. The van der Waals surface area contributed by atoms with Crippen LogP contribution in [-0.2, 0) is 16.1 Å². The first-order valence-corrected chi connectivity index (χ1v) is 13.4. The number of carbonyl (C=O) groups is 3. The Hall–Kier alpha value is -3.45. The molecule has 3 N–H and O–H groups in total. The van der Waals surface area contributed by atoms with E-state index < -0.39 is 47.7 Å². The van der Waals surface area contributed by atoms with E-state index in [0.717, 1.165) is 6.07 Å². The average molecular weight is 602 g/mol. The van der Waals surface area contributed by atoms with Crippen molar-refractivity contribution in [2.45, 2.75) is 51.0 Å². The number of nitrogens with one attached hydrogen (secondary N) is 3. The predicted octanol–water partition coefficient (Wildman–Crippen LogP) is 4.23. The zero-order valence-electron chi connectivity index (χ0n) is 22.1. The summed E-state index contributed by atoms with van der Waals surface area (Å²) in [6, 6.07) is 5.94. The SMILES string of the molecule is C[C@@H]1CN(CCC(F)(F)F)CCN1c1cc(Cl)ccc1NC(=O)c1ccc(CNC(=O)[C@H]2CCC(=O)N2)c(F)c1F. The molecule has 41 heavy (non-hydrogen) atoms. The van der Waals surface area contributed by atoms with Crippen molar-refractivity contribution in [1.82, 2.24) is 15.5 Å². The monoisotopic (exact) mass is 601 g/mol. The van der Waals surface area contributed by atoms with Crippen molar-refractivity contribution in [3.63, 3.8) is 0 Å². The van der Waals surface area contributed by atoms with Gasteiger partial charge in [-0.1, -0.05) is 17.7 Å². The topological polar surface area (TPSA) is 93.8 Å². The summed E-state index contributed by atoms with van der Waals surface area (Å²) in [5.41, 5.74) is 0.0189. The molecule has 0 saturated carbocycles. The Kier molecular flexibility index (Phi) is 9.37. The molecule has 0 radical (unpaired) electrons. The molecule has 2 aliphatic rings. The zero-order chi connectivity index (χ0) is 29.9. The highest BCUT2D eigenvalue weighted by atomic mass is 35.5. The van der Waals surface area contributed by atoms with Gasteiger partial charge >= 0.3 is 6.18 Å². The van der Waals surface area contributed by atoms with Crippen LogP contribution in [0.25, 0.3) is 0 Å². The summed E-state index contributed by atoms with van der Waals surface area (Å²) in [6.45, 7) is 2.42. The van der Waals surface area contributed by atoms with Crippen molar-refractivity contribution >= 4 is 40.7 Å². The maximum Gasteiger partial charge on any atom is 0.390 e. The van der Waals surface area contributed by atoms with Gasteiger partial charge < -0.3 is 20.9 Å². The molecule has 8 nitrogen and oxygen atoms in total. The van der Waals surface area contributed by atoms with Crippen LogP contribution in [0.5, 0.6) is 0 Å². The van der Waals surface area contributed by atoms with Gasteiger partial charge in [0.25, 0.3) is 5.91 Å². The molecule has 3 amide bonds. The van der Waals surface area contributed by atoms with E-state index in [0.29, 0.717) is 36.8 Å². The number of rotatable bonds is 8. The number of amides is 3. The molecule has 14 heteroatoms. The van der Waals surface area contributed by atoms with Gasteiger partial charge in [0.05, 0.1) is 23.4 Å². The molecule has 0 spiro atoms. The molecular weight excluding hydrogens is 573 g/mol. The lowest BCUT2D eigenvalue weighted by molar-refractivity contribution is -0.138. The highest BCUT2D eigenvalue weighted by molar-refractivity contribution is 6.31. The predicted molar refractivity (Wildman–Crippen MR) is 143 cm³/mol. The largest absolute Gasteiger partial charge is 0.390 e. The van der Waals surface area contributed by atoms with Crippen molar-refractivity contribution in [3.05, 3.63) is 58.1 Å². The summed E-state index contributed by atoms with van der Waals surface area (Å²) in [5.74, 6) is -4.41. The zero-order valence-corrected chi connectivity index (χ0v) is 22.8. The van der Waals surface area contributed by atoms with Crippen molar-refractivity contribution < 1.29 is 36.3 Å². The summed E-state index contributed by atoms with van der Waals surface area (Å²) in [7, 11) is 0. The Morgan fingerprint density at radius 3 is 2.54 bits per heavy atom. The minimum absolute atomic E-state index is 0.123. The number of benzene rings is 2. The molecule has 222 valence electrons. The van der Waals surface area contributed by atoms with Crippen LogP contribution in [0.2, 0.25) is 5.02 Å². The number of hydrogen-bond donors (Lipinski definition) is 3. The fourth-order valence-electron chi connectivity index (χ4n) is 4.93. The Balaban J connectivity index is 1.44. The molecule has 2 heterocycles. The first-order chi connectivity index (χ1) is 19.3. The number of alkyl halides is 3. The Bertz CT molecular complexity index is 1320. The number of hydrogen-bond acceptors (Lipinski definition) is 5. The molecule has 2 atom stereocenters. The fourth-order valence-corrected chi connectivity index (χ4v) is 5.10. The van der Waals surface area contributed by atoms with Gasteiger partial charge in [-0.3, -0.25) is 19.3 Å². The third kappa shape index (κ3) is 7.64. The van der Waals surface area contributed by atoms with E-state index in [-0.39, 0.29) is 42.7 Å². The van der Waals surface area contributed by atoms with Gasteiger partial charge in [-0.15, -0.1) is 0 Å². The van der Waals surface area contributed by atoms with Gasteiger partial charge in [-0.25, -0.2) is 8.78 Å². The van der Waals surface area contributed by atoms with E-state index >= 15 is 0 Å². The van der Waals surface area contributed by atoms with Gasteiger partial charge in [0, 0.05) is 55.8 Å². The summed E-state index contributed by atoms with van der Waals surface area (Å²) in [6.07, 6.45) is -4.65. The third-order valence-electron chi connectivity index (χ3n) is 7.11. The van der Waals surface area contributed by atoms with E-state index in [9.17, 15) is 36.3 Å². The lowest BCUT2D eigenvalue weighted by Gasteiger charge is -2.42. The normalized spacial score (nSPS) is 19.7. The lowest BCUT2D eigenvalue weighted by Crippen LogP contribution is -2.52. The molecule has 2 aliphatic heterocycles. The molecule has 0 aliphatic carbocycles. The smallest absolute Gasteiger partial charge is 0.365 e. The fraction of sp³-hybridized carbons (Fsp3) is 0.444. The molecule has 2 aromatic carbocycles. The van der Waals surface area contributed by atoms with E-state index in [1.807, 2.05) is 11.8 Å².